The van der Waals surface area contributed by atoms with Crippen LogP contribution in [0.3, 0.4) is 0 Å². The first-order chi connectivity index (χ1) is 13.8. The van der Waals surface area contributed by atoms with Crippen LogP contribution in [-0.4, -0.2) is 23.2 Å². The maximum absolute atomic E-state index is 9.11. The second kappa shape index (κ2) is 6.84. The van der Waals surface area contributed by atoms with Crippen LogP contribution in [0.5, 0.6) is 0 Å². The summed E-state index contributed by atoms with van der Waals surface area (Å²) in [5, 5.41) is 10.1. The number of hydrogen-bond donors (Lipinski definition) is 0. The molecule has 6 heteroatoms. The van der Waals surface area contributed by atoms with Gasteiger partial charge in [0, 0.05) is 23.2 Å². The van der Waals surface area contributed by atoms with Crippen LogP contribution >= 0.6 is 11.8 Å². The van der Waals surface area contributed by atoms with Crippen molar-refractivity contribution in [1.82, 2.24) is 9.97 Å². The van der Waals surface area contributed by atoms with E-state index in [1.165, 1.54) is 10.5 Å². The highest BCUT2D eigenvalue weighted by Crippen LogP contribution is 2.51. The minimum atomic E-state index is 0.247. The molecule has 2 bridgehead atoms. The van der Waals surface area contributed by atoms with E-state index in [1.807, 2.05) is 18.2 Å². The van der Waals surface area contributed by atoms with Crippen molar-refractivity contribution in [3.8, 4) is 6.07 Å². The van der Waals surface area contributed by atoms with Crippen molar-refractivity contribution in [3.05, 3.63) is 72.1 Å². The Morgan fingerprint density at radius 3 is 2.57 bits per heavy atom. The molecular weight excluding hydrogens is 366 g/mol. The molecule has 1 saturated heterocycles. The fourth-order valence-electron chi connectivity index (χ4n) is 4.28. The molecule has 2 aromatic carbocycles. The molecule has 0 aliphatic carbocycles. The molecular formula is C22H19N5S. The molecule has 138 valence electrons. The number of aromatic nitrogens is 2. The predicted octanol–water partition coefficient (Wildman–Crippen LogP) is 4.62. The van der Waals surface area contributed by atoms with Gasteiger partial charge in [-0.25, -0.2) is 9.97 Å². The van der Waals surface area contributed by atoms with Gasteiger partial charge in [0.05, 0.1) is 17.7 Å². The zero-order valence-corrected chi connectivity index (χ0v) is 16.3. The van der Waals surface area contributed by atoms with Crippen LogP contribution in [0.25, 0.3) is 0 Å². The summed E-state index contributed by atoms with van der Waals surface area (Å²) in [5.41, 5.74) is 3.03. The highest BCUT2D eigenvalue weighted by Gasteiger charge is 2.45. The SMILES string of the molecule is CN1c2ncnc(Sc3ccccc3)c2[C@@H]2CC[C@H]1N2c1ccc(C#N)cc1. The molecule has 3 heterocycles. The first-order valence-corrected chi connectivity index (χ1v) is 10.2. The van der Waals surface area contributed by atoms with Gasteiger partial charge in [0.2, 0.25) is 0 Å². The highest BCUT2D eigenvalue weighted by atomic mass is 32.2. The van der Waals surface area contributed by atoms with Crippen molar-refractivity contribution in [2.45, 2.75) is 35.0 Å². The molecule has 1 aromatic heterocycles. The lowest BCUT2D eigenvalue weighted by Gasteiger charge is -2.43. The van der Waals surface area contributed by atoms with Gasteiger partial charge in [0.15, 0.2) is 0 Å². The van der Waals surface area contributed by atoms with E-state index in [-0.39, 0.29) is 12.2 Å². The molecule has 5 nitrogen and oxygen atoms in total. The third kappa shape index (κ3) is 2.71. The summed E-state index contributed by atoms with van der Waals surface area (Å²) in [4.78, 5) is 15.2. The van der Waals surface area contributed by atoms with E-state index >= 15 is 0 Å². The molecule has 2 aliphatic rings. The third-order valence-corrected chi connectivity index (χ3v) is 6.57. The van der Waals surface area contributed by atoms with Crippen LogP contribution < -0.4 is 9.80 Å². The number of hydrogen-bond acceptors (Lipinski definition) is 6. The Hall–Kier alpha value is -3.04. The average Bonchev–Trinajstić information content (AvgIpc) is 3.12. The number of nitriles is 1. The molecule has 3 aromatic rings. The van der Waals surface area contributed by atoms with E-state index in [0.29, 0.717) is 5.56 Å². The molecule has 2 aliphatic heterocycles. The number of fused-ring (bicyclic) bond motifs is 4. The van der Waals surface area contributed by atoms with E-state index in [9.17, 15) is 0 Å². The summed E-state index contributed by atoms with van der Waals surface area (Å²) in [6.45, 7) is 0. The standard InChI is InChI=1S/C22H19N5S/c1-26-19-12-11-18(27(19)16-9-7-15(13-23)8-10-16)20-21(26)24-14-25-22(20)28-17-5-3-2-4-6-17/h2-10,14,18-19H,11-12H2,1H3/t18-,19+/m0/s1. The summed E-state index contributed by atoms with van der Waals surface area (Å²) in [5.74, 6) is 1.03. The van der Waals surface area contributed by atoms with Gasteiger partial charge in [0.1, 0.15) is 23.3 Å². The van der Waals surface area contributed by atoms with Gasteiger partial charge in [-0.3, -0.25) is 0 Å². The minimum absolute atomic E-state index is 0.247. The zero-order chi connectivity index (χ0) is 19.1. The normalized spacial score (nSPS) is 20.0. The molecule has 5 rings (SSSR count). The summed E-state index contributed by atoms with van der Waals surface area (Å²) in [6.07, 6.45) is 4.09. The number of rotatable bonds is 3. The lowest BCUT2D eigenvalue weighted by molar-refractivity contribution is 0.580. The Balaban J connectivity index is 1.58. The molecule has 0 saturated carbocycles. The van der Waals surface area contributed by atoms with Crippen molar-refractivity contribution in [3.63, 3.8) is 0 Å². The summed E-state index contributed by atoms with van der Waals surface area (Å²) in [7, 11) is 2.12. The Kier molecular flexibility index (Phi) is 4.18. The van der Waals surface area contributed by atoms with Crippen LogP contribution in [0, 0.1) is 11.3 Å². The highest BCUT2D eigenvalue weighted by molar-refractivity contribution is 7.99. The fraction of sp³-hybridized carbons (Fsp3) is 0.227. The van der Waals surface area contributed by atoms with Crippen molar-refractivity contribution in [1.29, 1.82) is 5.26 Å². The van der Waals surface area contributed by atoms with Crippen molar-refractivity contribution in [2.24, 2.45) is 0 Å². The maximum atomic E-state index is 9.11. The summed E-state index contributed by atoms with van der Waals surface area (Å²) in [6, 6.07) is 20.7. The first-order valence-electron chi connectivity index (χ1n) is 9.35. The molecule has 0 unspecified atom stereocenters. The van der Waals surface area contributed by atoms with E-state index in [2.05, 4.69) is 69.3 Å². The molecule has 2 atom stereocenters. The Labute approximate surface area is 168 Å². The first kappa shape index (κ1) is 17.1. The molecule has 0 radical (unpaired) electrons. The van der Waals surface area contributed by atoms with Crippen LogP contribution in [0.4, 0.5) is 11.5 Å². The quantitative estimate of drug-likeness (QED) is 0.614. The van der Waals surface area contributed by atoms with E-state index in [1.54, 1.807) is 18.1 Å². The van der Waals surface area contributed by atoms with E-state index < -0.39 is 0 Å². The average molecular weight is 385 g/mol. The van der Waals surface area contributed by atoms with Gasteiger partial charge in [-0.1, -0.05) is 30.0 Å². The molecule has 1 fully saturated rings. The van der Waals surface area contributed by atoms with Crippen LogP contribution in [-0.2, 0) is 0 Å². The number of nitrogens with zero attached hydrogens (tertiary/aromatic N) is 5. The number of benzene rings is 2. The van der Waals surface area contributed by atoms with Gasteiger partial charge in [0.25, 0.3) is 0 Å². The van der Waals surface area contributed by atoms with Gasteiger partial charge < -0.3 is 9.80 Å². The maximum Gasteiger partial charge on any atom is 0.139 e. The molecule has 28 heavy (non-hydrogen) atoms. The fourth-order valence-corrected chi connectivity index (χ4v) is 5.24. The largest absolute Gasteiger partial charge is 0.344 e. The van der Waals surface area contributed by atoms with Crippen LogP contribution in [0.1, 0.15) is 30.0 Å². The molecule has 0 spiro atoms. The second-order valence-corrected chi connectivity index (χ2v) is 8.14. The van der Waals surface area contributed by atoms with Gasteiger partial charge >= 0.3 is 0 Å². The Bertz CT molecular complexity index is 1040. The Morgan fingerprint density at radius 1 is 1.04 bits per heavy atom. The monoisotopic (exact) mass is 385 g/mol. The Morgan fingerprint density at radius 2 is 1.82 bits per heavy atom. The van der Waals surface area contributed by atoms with Crippen molar-refractivity contribution < 1.29 is 0 Å². The smallest absolute Gasteiger partial charge is 0.139 e. The van der Waals surface area contributed by atoms with Crippen LogP contribution in [0.15, 0.2) is 70.8 Å². The van der Waals surface area contributed by atoms with E-state index in [4.69, 9.17) is 5.26 Å². The lowest BCUT2D eigenvalue weighted by atomic mass is 10.1. The van der Waals surface area contributed by atoms with Crippen molar-refractivity contribution >= 4 is 23.3 Å². The molecule has 0 N–H and O–H groups in total. The third-order valence-electron chi connectivity index (χ3n) is 5.55. The number of anilines is 2. The van der Waals surface area contributed by atoms with Crippen LogP contribution in [0.2, 0.25) is 0 Å². The summed E-state index contributed by atoms with van der Waals surface area (Å²) >= 11 is 1.70. The molecule has 0 amide bonds. The minimum Gasteiger partial charge on any atom is -0.344 e. The zero-order valence-electron chi connectivity index (χ0n) is 15.5. The van der Waals surface area contributed by atoms with Gasteiger partial charge in [-0.15, -0.1) is 0 Å². The van der Waals surface area contributed by atoms with Crippen molar-refractivity contribution in [2.75, 3.05) is 16.8 Å². The topological polar surface area (TPSA) is 56.1 Å². The summed E-state index contributed by atoms with van der Waals surface area (Å²) < 4.78 is 0. The predicted molar refractivity (Wildman–Crippen MR) is 110 cm³/mol. The second-order valence-electron chi connectivity index (χ2n) is 7.08. The van der Waals surface area contributed by atoms with Gasteiger partial charge in [-0.2, -0.15) is 5.26 Å². The van der Waals surface area contributed by atoms with E-state index in [0.717, 1.165) is 29.4 Å². The lowest BCUT2D eigenvalue weighted by Crippen LogP contribution is -2.48. The van der Waals surface area contributed by atoms with Gasteiger partial charge in [-0.05, 0) is 49.2 Å².